The SMILES string of the molecule is Cn1c(=NC(=O)c2ccccc2F)sc2c3ccccc3ccc21. The fourth-order valence-corrected chi connectivity index (χ4v) is 3.90. The minimum atomic E-state index is -0.570. The lowest BCUT2D eigenvalue weighted by molar-refractivity contribution is 0.0994. The fraction of sp³-hybridized carbons (Fsp3) is 0.0526. The first-order valence-electron chi connectivity index (χ1n) is 7.46. The minimum Gasteiger partial charge on any atom is -0.319 e. The molecular formula is C19H13FN2OS. The van der Waals surface area contributed by atoms with Crippen LogP contribution in [0.4, 0.5) is 4.39 Å². The first-order valence-corrected chi connectivity index (χ1v) is 8.27. The summed E-state index contributed by atoms with van der Waals surface area (Å²) in [4.78, 5) is 17.0. The second-order valence-electron chi connectivity index (χ2n) is 5.48. The van der Waals surface area contributed by atoms with Gasteiger partial charge in [0.05, 0.1) is 15.8 Å². The van der Waals surface area contributed by atoms with Gasteiger partial charge in [0.2, 0.25) is 0 Å². The van der Waals surface area contributed by atoms with Gasteiger partial charge in [0, 0.05) is 12.4 Å². The highest BCUT2D eigenvalue weighted by Gasteiger charge is 2.12. The monoisotopic (exact) mass is 336 g/mol. The van der Waals surface area contributed by atoms with Crippen LogP contribution in [0.2, 0.25) is 0 Å². The Kier molecular flexibility index (Phi) is 3.50. The number of carbonyl (C=O) groups is 1. The molecule has 0 spiro atoms. The Morgan fingerprint density at radius 3 is 2.62 bits per heavy atom. The largest absolute Gasteiger partial charge is 0.319 e. The zero-order valence-corrected chi connectivity index (χ0v) is 13.7. The van der Waals surface area contributed by atoms with E-state index in [9.17, 15) is 9.18 Å². The molecule has 0 aliphatic carbocycles. The highest BCUT2D eigenvalue weighted by Crippen LogP contribution is 2.27. The number of carbonyl (C=O) groups excluding carboxylic acids is 1. The molecule has 0 fully saturated rings. The van der Waals surface area contributed by atoms with Crippen LogP contribution in [0.5, 0.6) is 0 Å². The summed E-state index contributed by atoms with van der Waals surface area (Å²) in [6.45, 7) is 0. The van der Waals surface area contributed by atoms with Gasteiger partial charge in [-0.05, 0) is 23.6 Å². The van der Waals surface area contributed by atoms with E-state index in [1.165, 1.54) is 23.5 Å². The van der Waals surface area contributed by atoms with Crippen LogP contribution in [0.3, 0.4) is 0 Å². The van der Waals surface area contributed by atoms with Crippen molar-refractivity contribution in [3.05, 3.63) is 76.8 Å². The molecule has 0 aliphatic heterocycles. The number of rotatable bonds is 1. The van der Waals surface area contributed by atoms with Crippen molar-refractivity contribution in [3.8, 4) is 0 Å². The second kappa shape index (κ2) is 5.69. The van der Waals surface area contributed by atoms with Gasteiger partial charge in [-0.15, -0.1) is 0 Å². The maximum Gasteiger partial charge on any atom is 0.282 e. The third-order valence-corrected chi connectivity index (χ3v) is 5.18. The number of aromatic nitrogens is 1. The summed E-state index contributed by atoms with van der Waals surface area (Å²) in [5.74, 6) is -1.12. The average molecular weight is 336 g/mol. The Balaban J connectivity index is 1.94. The normalized spacial score (nSPS) is 12.2. The molecule has 0 N–H and O–H groups in total. The Labute approximate surface area is 141 Å². The van der Waals surface area contributed by atoms with Gasteiger partial charge in [0.1, 0.15) is 5.82 Å². The molecule has 3 nitrogen and oxygen atoms in total. The smallest absolute Gasteiger partial charge is 0.282 e. The number of hydrogen-bond acceptors (Lipinski definition) is 2. The molecule has 0 bridgehead atoms. The van der Waals surface area contributed by atoms with E-state index in [0.717, 1.165) is 21.0 Å². The van der Waals surface area contributed by atoms with Crippen LogP contribution >= 0.6 is 11.3 Å². The van der Waals surface area contributed by atoms with Gasteiger partial charge in [-0.25, -0.2) is 4.39 Å². The number of hydrogen-bond donors (Lipinski definition) is 0. The van der Waals surface area contributed by atoms with Gasteiger partial charge in [-0.3, -0.25) is 4.79 Å². The zero-order chi connectivity index (χ0) is 16.7. The lowest BCUT2D eigenvalue weighted by Gasteiger charge is -1.99. The van der Waals surface area contributed by atoms with Gasteiger partial charge >= 0.3 is 0 Å². The van der Waals surface area contributed by atoms with Crippen molar-refractivity contribution in [2.75, 3.05) is 0 Å². The van der Waals surface area contributed by atoms with Crippen LogP contribution in [0, 0.1) is 5.82 Å². The maximum absolute atomic E-state index is 13.8. The Bertz CT molecular complexity index is 1160. The van der Waals surface area contributed by atoms with Crippen molar-refractivity contribution in [1.29, 1.82) is 0 Å². The van der Waals surface area contributed by atoms with Gasteiger partial charge in [-0.1, -0.05) is 53.8 Å². The van der Waals surface area contributed by atoms with Gasteiger partial charge in [0.25, 0.3) is 5.91 Å². The lowest BCUT2D eigenvalue weighted by atomic mass is 10.1. The zero-order valence-electron chi connectivity index (χ0n) is 12.9. The average Bonchev–Trinajstić information content (AvgIpc) is 2.92. The van der Waals surface area contributed by atoms with E-state index in [1.54, 1.807) is 12.1 Å². The number of nitrogens with zero attached hydrogens (tertiary/aromatic N) is 2. The molecule has 118 valence electrons. The molecular weight excluding hydrogens is 323 g/mol. The lowest BCUT2D eigenvalue weighted by Crippen LogP contribution is -2.13. The number of benzene rings is 3. The summed E-state index contributed by atoms with van der Waals surface area (Å²) in [6.07, 6.45) is 0. The van der Waals surface area contributed by atoms with Gasteiger partial charge in [0.15, 0.2) is 4.80 Å². The van der Waals surface area contributed by atoms with Crippen LogP contribution in [0.25, 0.3) is 21.0 Å². The van der Waals surface area contributed by atoms with Crippen LogP contribution in [0.1, 0.15) is 10.4 Å². The van der Waals surface area contributed by atoms with Crippen LogP contribution < -0.4 is 4.80 Å². The van der Waals surface area contributed by atoms with Gasteiger partial charge < -0.3 is 4.57 Å². The summed E-state index contributed by atoms with van der Waals surface area (Å²) in [6, 6.07) is 18.0. The molecule has 0 atom stereocenters. The molecule has 4 rings (SSSR count). The summed E-state index contributed by atoms with van der Waals surface area (Å²) >= 11 is 1.44. The van der Waals surface area contributed by atoms with Crippen molar-refractivity contribution >= 4 is 38.2 Å². The molecule has 24 heavy (non-hydrogen) atoms. The van der Waals surface area contributed by atoms with Crippen LogP contribution in [0.15, 0.2) is 65.7 Å². The Morgan fingerprint density at radius 2 is 1.79 bits per heavy atom. The van der Waals surface area contributed by atoms with E-state index in [2.05, 4.69) is 17.1 Å². The van der Waals surface area contributed by atoms with Crippen molar-refractivity contribution in [1.82, 2.24) is 4.57 Å². The van der Waals surface area contributed by atoms with Crippen molar-refractivity contribution < 1.29 is 9.18 Å². The number of fused-ring (bicyclic) bond motifs is 3. The standard InChI is InChI=1S/C19H13FN2OS/c1-22-16-11-10-12-6-2-3-7-13(12)17(16)24-19(22)21-18(23)14-8-4-5-9-15(14)20/h2-11H,1H3. The molecule has 1 aromatic heterocycles. The molecule has 0 unspecified atom stereocenters. The first kappa shape index (κ1) is 14.8. The number of halogens is 1. The molecule has 1 heterocycles. The third kappa shape index (κ3) is 2.34. The summed E-state index contributed by atoms with van der Waals surface area (Å²) < 4.78 is 16.7. The Morgan fingerprint density at radius 1 is 1.04 bits per heavy atom. The van der Waals surface area contributed by atoms with E-state index in [4.69, 9.17) is 0 Å². The van der Waals surface area contributed by atoms with E-state index >= 15 is 0 Å². The quantitative estimate of drug-likeness (QED) is 0.511. The molecule has 0 saturated heterocycles. The first-order chi connectivity index (χ1) is 11.6. The van der Waals surface area contributed by atoms with Crippen LogP contribution in [-0.4, -0.2) is 10.5 Å². The van der Waals surface area contributed by atoms with E-state index < -0.39 is 11.7 Å². The number of thiazole rings is 1. The third-order valence-electron chi connectivity index (χ3n) is 4.00. The van der Waals surface area contributed by atoms with Crippen LogP contribution in [-0.2, 0) is 7.05 Å². The molecule has 0 aliphatic rings. The summed E-state index contributed by atoms with van der Waals surface area (Å²) in [5.41, 5.74) is 0.985. The molecule has 3 aromatic carbocycles. The van der Waals surface area contributed by atoms with E-state index in [1.807, 2.05) is 35.9 Å². The van der Waals surface area contributed by atoms with Crippen molar-refractivity contribution in [2.24, 2.45) is 12.0 Å². The highest BCUT2D eigenvalue weighted by atomic mass is 32.1. The maximum atomic E-state index is 13.8. The second-order valence-corrected chi connectivity index (χ2v) is 6.45. The number of aryl methyl sites for hydroxylation is 1. The molecule has 1 amide bonds. The highest BCUT2D eigenvalue weighted by molar-refractivity contribution is 7.17. The molecule has 4 aromatic rings. The minimum absolute atomic E-state index is 0.0141. The molecule has 0 saturated carbocycles. The van der Waals surface area contributed by atoms with Gasteiger partial charge in [-0.2, -0.15) is 4.99 Å². The topological polar surface area (TPSA) is 34.4 Å². The van der Waals surface area contributed by atoms with E-state index in [0.29, 0.717) is 4.80 Å². The van der Waals surface area contributed by atoms with Crippen molar-refractivity contribution in [2.45, 2.75) is 0 Å². The summed E-state index contributed by atoms with van der Waals surface area (Å²) in [7, 11) is 1.86. The number of amides is 1. The van der Waals surface area contributed by atoms with E-state index in [-0.39, 0.29) is 5.56 Å². The summed E-state index contributed by atoms with van der Waals surface area (Å²) in [5, 5.41) is 2.26. The molecule has 5 heteroatoms. The van der Waals surface area contributed by atoms with Crippen molar-refractivity contribution in [3.63, 3.8) is 0 Å². The predicted octanol–water partition coefficient (Wildman–Crippen LogP) is 4.27. The fourth-order valence-electron chi connectivity index (χ4n) is 2.75. The molecule has 0 radical (unpaired) electrons. The Hall–Kier alpha value is -2.79. The predicted molar refractivity (Wildman–Crippen MR) is 94.6 cm³/mol.